The van der Waals surface area contributed by atoms with Gasteiger partial charge in [-0.1, -0.05) is 0 Å². The summed E-state index contributed by atoms with van der Waals surface area (Å²) in [4.78, 5) is 2.50. The summed E-state index contributed by atoms with van der Waals surface area (Å²) in [6.45, 7) is 6.57. The van der Waals surface area contributed by atoms with Crippen LogP contribution in [0.1, 0.15) is 26.7 Å². The summed E-state index contributed by atoms with van der Waals surface area (Å²) >= 11 is 0. The largest absolute Gasteiger partial charge is 0.329 e. The van der Waals surface area contributed by atoms with Crippen LogP contribution in [0.3, 0.4) is 0 Å². The van der Waals surface area contributed by atoms with E-state index in [0.717, 1.165) is 6.54 Å². The van der Waals surface area contributed by atoms with Gasteiger partial charge in [0.15, 0.2) is 0 Å². The Morgan fingerprint density at radius 2 is 2.00 bits per heavy atom. The molecular weight excluding hydrogens is 195 g/mol. The van der Waals surface area contributed by atoms with Crippen molar-refractivity contribution >= 4 is 24.8 Å². The van der Waals surface area contributed by atoms with Gasteiger partial charge in [0.05, 0.1) is 0 Å². The molecule has 2 nitrogen and oxygen atoms in total. The van der Waals surface area contributed by atoms with E-state index in [1.807, 2.05) is 0 Å². The second-order valence-electron chi connectivity index (χ2n) is 3.36. The molecule has 0 aromatic carbocycles. The van der Waals surface area contributed by atoms with Gasteiger partial charge in [0.1, 0.15) is 0 Å². The van der Waals surface area contributed by atoms with Crippen LogP contribution in [-0.4, -0.2) is 30.1 Å². The molecule has 1 rings (SSSR count). The van der Waals surface area contributed by atoms with Gasteiger partial charge in [-0.25, -0.2) is 0 Å². The zero-order valence-corrected chi connectivity index (χ0v) is 9.46. The van der Waals surface area contributed by atoms with Crippen molar-refractivity contribution in [2.75, 3.05) is 13.1 Å². The topological polar surface area (TPSA) is 29.3 Å². The summed E-state index contributed by atoms with van der Waals surface area (Å²) in [6.07, 6.45) is 2.63. The summed E-state index contributed by atoms with van der Waals surface area (Å²) in [5, 5.41) is 0. The highest BCUT2D eigenvalue weighted by Gasteiger charge is 2.24. The van der Waals surface area contributed by atoms with E-state index in [9.17, 15) is 0 Å². The average Bonchev–Trinajstić information content (AvgIpc) is 2.33. The molecule has 0 aromatic heterocycles. The summed E-state index contributed by atoms with van der Waals surface area (Å²) in [6, 6.07) is 1.34. The van der Waals surface area contributed by atoms with Gasteiger partial charge in [0.2, 0.25) is 0 Å². The molecule has 0 aliphatic carbocycles. The average molecular weight is 215 g/mol. The molecule has 2 N–H and O–H groups in total. The van der Waals surface area contributed by atoms with Crippen LogP contribution >= 0.6 is 24.8 Å². The molecule has 0 bridgehead atoms. The van der Waals surface area contributed by atoms with Crippen LogP contribution in [0.2, 0.25) is 0 Å². The first-order chi connectivity index (χ1) is 4.75. The lowest BCUT2D eigenvalue weighted by molar-refractivity contribution is 0.208. The molecule has 1 fully saturated rings. The molecule has 1 heterocycles. The Kier molecular flexibility index (Phi) is 8.69. The molecule has 1 saturated heterocycles. The number of nitrogens with zero attached hydrogens (tertiary/aromatic N) is 1. The lowest BCUT2D eigenvalue weighted by Crippen LogP contribution is -2.39. The van der Waals surface area contributed by atoms with Gasteiger partial charge in [-0.2, -0.15) is 0 Å². The summed E-state index contributed by atoms with van der Waals surface area (Å²) in [5.74, 6) is 0. The zero-order valence-electron chi connectivity index (χ0n) is 7.82. The van der Waals surface area contributed by atoms with Gasteiger partial charge in [-0.15, -0.1) is 24.8 Å². The minimum Gasteiger partial charge on any atom is -0.329 e. The maximum atomic E-state index is 5.62. The molecule has 0 spiro atoms. The first kappa shape index (κ1) is 15.0. The van der Waals surface area contributed by atoms with E-state index in [0.29, 0.717) is 12.1 Å². The Hall–Kier alpha value is 0.500. The summed E-state index contributed by atoms with van der Waals surface area (Å²) in [7, 11) is 0. The third kappa shape index (κ3) is 3.48. The molecule has 12 heavy (non-hydrogen) atoms. The van der Waals surface area contributed by atoms with E-state index < -0.39 is 0 Å². The molecule has 0 aromatic rings. The van der Waals surface area contributed by atoms with Crippen molar-refractivity contribution in [1.29, 1.82) is 0 Å². The Balaban J connectivity index is 0. The zero-order chi connectivity index (χ0) is 7.56. The van der Waals surface area contributed by atoms with E-state index in [1.165, 1.54) is 19.4 Å². The van der Waals surface area contributed by atoms with E-state index in [1.54, 1.807) is 0 Å². The van der Waals surface area contributed by atoms with E-state index in [-0.39, 0.29) is 24.8 Å². The normalized spacial score (nSPS) is 23.5. The molecule has 1 aliphatic rings. The predicted molar refractivity (Wildman–Crippen MR) is 58.4 cm³/mol. The fraction of sp³-hybridized carbons (Fsp3) is 1.00. The lowest BCUT2D eigenvalue weighted by atomic mass is 10.2. The number of nitrogens with two attached hydrogens (primary N) is 1. The van der Waals surface area contributed by atoms with Crippen LogP contribution in [0.15, 0.2) is 0 Å². The minimum absolute atomic E-state index is 0. The van der Waals surface area contributed by atoms with Crippen molar-refractivity contribution in [2.45, 2.75) is 38.8 Å². The Labute approximate surface area is 87.7 Å². The lowest BCUT2D eigenvalue weighted by Gasteiger charge is -2.26. The first-order valence-corrected chi connectivity index (χ1v) is 4.21. The molecular formula is C8H20Cl2N2. The molecule has 1 aliphatic heterocycles. The van der Waals surface area contributed by atoms with Gasteiger partial charge >= 0.3 is 0 Å². The highest BCUT2D eigenvalue weighted by Crippen LogP contribution is 2.18. The molecule has 76 valence electrons. The van der Waals surface area contributed by atoms with Gasteiger partial charge < -0.3 is 5.73 Å². The molecule has 1 unspecified atom stereocenters. The molecule has 0 saturated carbocycles. The first-order valence-electron chi connectivity index (χ1n) is 4.21. The fourth-order valence-corrected chi connectivity index (χ4v) is 1.79. The summed E-state index contributed by atoms with van der Waals surface area (Å²) in [5.41, 5.74) is 5.62. The van der Waals surface area contributed by atoms with Crippen LogP contribution in [0, 0.1) is 0 Å². The Bertz CT molecular complexity index is 109. The fourth-order valence-electron chi connectivity index (χ4n) is 1.79. The van der Waals surface area contributed by atoms with Crippen LogP contribution < -0.4 is 5.73 Å². The van der Waals surface area contributed by atoms with Crippen molar-refractivity contribution in [1.82, 2.24) is 4.90 Å². The van der Waals surface area contributed by atoms with Gasteiger partial charge in [-0.3, -0.25) is 4.90 Å². The Morgan fingerprint density at radius 1 is 1.42 bits per heavy atom. The van der Waals surface area contributed by atoms with Gasteiger partial charge in [0.25, 0.3) is 0 Å². The van der Waals surface area contributed by atoms with Gasteiger partial charge in [0, 0.05) is 18.6 Å². The number of rotatable bonds is 2. The predicted octanol–water partition coefficient (Wildman–Crippen LogP) is 1.66. The Morgan fingerprint density at radius 3 is 2.33 bits per heavy atom. The van der Waals surface area contributed by atoms with Crippen molar-refractivity contribution in [3.05, 3.63) is 0 Å². The number of hydrogen-bond donors (Lipinski definition) is 1. The second-order valence-corrected chi connectivity index (χ2v) is 3.36. The van der Waals surface area contributed by atoms with E-state index >= 15 is 0 Å². The van der Waals surface area contributed by atoms with Crippen molar-refractivity contribution in [2.24, 2.45) is 5.73 Å². The SMILES string of the molecule is CC(C)N1CCCC1CN.Cl.Cl. The van der Waals surface area contributed by atoms with Crippen LogP contribution in [-0.2, 0) is 0 Å². The third-order valence-corrected chi connectivity index (χ3v) is 2.36. The highest BCUT2D eigenvalue weighted by atomic mass is 35.5. The number of halogens is 2. The van der Waals surface area contributed by atoms with Crippen molar-refractivity contribution < 1.29 is 0 Å². The van der Waals surface area contributed by atoms with Crippen LogP contribution in [0.25, 0.3) is 0 Å². The van der Waals surface area contributed by atoms with E-state index in [4.69, 9.17) is 5.73 Å². The van der Waals surface area contributed by atoms with Crippen molar-refractivity contribution in [3.8, 4) is 0 Å². The highest BCUT2D eigenvalue weighted by molar-refractivity contribution is 5.85. The van der Waals surface area contributed by atoms with Crippen LogP contribution in [0.5, 0.6) is 0 Å². The quantitative estimate of drug-likeness (QED) is 0.759. The minimum atomic E-state index is 0. The molecule has 4 heteroatoms. The summed E-state index contributed by atoms with van der Waals surface area (Å²) < 4.78 is 0. The monoisotopic (exact) mass is 214 g/mol. The van der Waals surface area contributed by atoms with Crippen molar-refractivity contribution in [3.63, 3.8) is 0 Å². The molecule has 0 amide bonds. The standard InChI is InChI=1S/C8H18N2.2ClH/c1-7(2)10-5-3-4-8(10)6-9;;/h7-8H,3-6,9H2,1-2H3;2*1H. The van der Waals surface area contributed by atoms with Gasteiger partial charge in [-0.05, 0) is 33.2 Å². The molecule has 1 atom stereocenters. The van der Waals surface area contributed by atoms with E-state index in [2.05, 4.69) is 18.7 Å². The molecule has 0 radical (unpaired) electrons. The second kappa shape index (κ2) is 6.96. The smallest absolute Gasteiger partial charge is 0.0221 e. The number of hydrogen-bond acceptors (Lipinski definition) is 2. The van der Waals surface area contributed by atoms with Crippen LogP contribution in [0.4, 0.5) is 0 Å². The number of likely N-dealkylation sites (tertiary alicyclic amines) is 1. The third-order valence-electron chi connectivity index (χ3n) is 2.36. The maximum absolute atomic E-state index is 5.62. The maximum Gasteiger partial charge on any atom is 0.0221 e.